The largest absolute Gasteiger partial charge is 0.382 e. The quantitative estimate of drug-likeness (QED) is 0.750. The lowest BCUT2D eigenvalue weighted by atomic mass is 9.99. The normalized spacial score (nSPS) is 10.8. The number of hydrogen-bond acceptors (Lipinski definition) is 2. The summed E-state index contributed by atoms with van der Waals surface area (Å²) in [6, 6.07) is 11.0. The van der Waals surface area contributed by atoms with Crippen LogP contribution in [0.2, 0.25) is 0 Å². The topological polar surface area (TPSA) is 54.7 Å². The number of aryl methyl sites for hydroxylation is 1. The molecule has 1 aromatic heterocycles. The Hall–Kier alpha value is -2.69. The number of halogens is 2. The average Bonchev–Trinajstić information content (AvgIpc) is 2.83. The van der Waals surface area contributed by atoms with Crippen LogP contribution in [0.1, 0.15) is 5.56 Å². The average molecular weight is 285 g/mol. The highest BCUT2D eigenvalue weighted by atomic mass is 19.1. The zero-order valence-corrected chi connectivity index (χ0v) is 11.3. The summed E-state index contributed by atoms with van der Waals surface area (Å²) in [6.45, 7) is 1.68. The molecule has 0 amide bonds. The van der Waals surface area contributed by atoms with Crippen LogP contribution in [0, 0.1) is 18.6 Å². The third-order valence-corrected chi connectivity index (χ3v) is 3.37. The van der Waals surface area contributed by atoms with Gasteiger partial charge in [-0.05, 0) is 36.2 Å². The van der Waals surface area contributed by atoms with E-state index in [1.807, 2.05) is 0 Å². The van der Waals surface area contributed by atoms with Crippen LogP contribution in [-0.4, -0.2) is 10.2 Å². The van der Waals surface area contributed by atoms with Gasteiger partial charge in [0.1, 0.15) is 11.6 Å². The molecule has 5 heteroatoms. The monoisotopic (exact) mass is 285 g/mol. The number of nitrogens with one attached hydrogen (secondary N) is 1. The van der Waals surface area contributed by atoms with E-state index in [0.717, 1.165) is 0 Å². The minimum atomic E-state index is -0.385. The van der Waals surface area contributed by atoms with Gasteiger partial charge in [0.25, 0.3) is 0 Å². The van der Waals surface area contributed by atoms with Crippen molar-refractivity contribution in [2.24, 2.45) is 0 Å². The van der Waals surface area contributed by atoms with Crippen molar-refractivity contribution >= 4 is 5.82 Å². The number of benzene rings is 2. The second-order valence-electron chi connectivity index (χ2n) is 4.81. The van der Waals surface area contributed by atoms with E-state index in [1.165, 1.54) is 12.1 Å². The van der Waals surface area contributed by atoms with Crippen molar-refractivity contribution in [2.75, 3.05) is 5.73 Å². The van der Waals surface area contributed by atoms with Gasteiger partial charge < -0.3 is 5.73 Å². The first-order valence-electron chi connectivity index (χ1n) is 6.43. The molecule has 1 heterocycles. The lowest BCUT2D eigenvalue weighted by Crippen LogP contribution is -1.92. The van der Waals surface area contributed by atoms with Crippen molar-refractivity contribution < 1.29 is 8.78 Å². The predicted octanol–water partition coefficient (Wildman–Crippen LogP) is 3.91. The fourth-order valence-corrected chi connectivity index (χ4v) is 2.33. The molecule has 0 aliphatic rings. The van der Waals surface area contributed by atoms with Gasteiger partial charge in [-0.25, -0.2) is 8.78 Å². The first kappa shape index (κ1) is 13.3. The molecule has 0 atom stereocenters. The van der Waals surface area contributed by atoms with Crippen LogP contribution in [0.15, 0.2) is 42.5 Å². The first-order valence-corrected chi connectivity index (χ1v) is 6.43. The predicted molar refractivity (Wildman–Crippen MR) is 78.5 cm³/mol. The summed E-state index contributed by atoms with van der Waals surface area (Å²) < 4.78 is 27.7. The Morgan fingerprint density at radius 3 is 2.62 bits per heavy atom. The van der Waals surface area contributed by atoms with E-state index in [2.05, 4.69) is 10.2 Å². The van der Waals surface area contributed by atoms with Gasteiger partial charge in [0.2, 0.25) is 0 Å². The second-order valence-corrected chi connectivity index (χ2v) is 4.81. The van der Waals surface area contributed by atoms with E-state index in [0.29, 0.717) is 27.9 Å². The number of anilines is 1. The highest BCUT2D eigenvalue weighted by molar-refractivity contribution is 5.88. The summed E-state index contributed by atoms with van der Waals surface area (Å²) in [7, 11) is 0. The van der Waals surface area contributed by atoms with E-state index < -0.39 is 0 Å². The number of aromatic nitrogens is 2. The zero-order chi connectivity index (χ0) is 15.0. The second kappa shape index (κ2) is 5.01. The Bertz CT molecular complexity index is 809. The minimum Gasteiger partial charge on any atom is -0.382 e. The molecule has 2 aromatic carbocycles. The molecule has 0 unspecified atom stereocenters. The van der Waals surface area contributed by atoms with Gasteiger partial charge >= 0.3 is 0 Å². The molecule has 3 nitrogen and oxygen atoms in total. The molecule has 21 heavy (non-hydrogen) atoms. The third-order valence-electron chi connectivity index (χ3n) is 3.37. The van der Waals surface area contributed by atoms with Gasteiger partial charge in [-0.1, -0.05) is 24.3 Å². The lowest BCUT2D eigenvalue weighted by molar-refractivity contribution is 0.621. The van der Waals surface area contributed by atoms with Gasteiger partial charge in [0.05, 0.1) is 11.3 Å². The Morgan fingerprint density at radius 1 is 1.10 bits per heavy atom. The molecule has 3 aromatic rings. The Kier molecular flexibility index (Phi) is 3.17. The molecule has 0 aliphatic carbocycles. The van der Waals surface area contributed by atoms with Crippen molar-refractivity contribution in [1.29, 1.82) is 0 Å². The fraction of sp³-hybridized carbons (Fsp3) is 0.0625. The number of H-pyrrole nitrogens is 1. The number of aromatic amines is 1. The van der Waals surface area contributed by atoms with Crippen LogP contribution in [-0.2, 0) is 0 Å². The molecule has 106 valence electrons. The summed E-state index contributed by atoms with van der Waals surface area (Å²) in [4.78, 5) is 0. The van der Waals surface area contributed by atoms with E-state index in [9.17, 15) is 8.78 Å². The smallest absolute Gasteiger partial charge is 0.153 e. The number of nitrogens with zero attached hydrogens (tertiary/aromatic N) is 1. The Labute approximate surface area is 120 Å². The fourth-order valence-electron chi connectivity index (χ4n) is 2.33. The Morgan fingerprint density at radius 2 is 1.86 bits per heavy atom. The number of rotatable bonds is 2. The highest BCUT2D eigenvalue weighted by Crippen LogP contribution is 2.36. The molecular weight excluding hydrogens is 272 g/mol. The molecule has 0 saturated carbocycles. The molecule has 0 radical (unpaired) electrons. The summed E-state index contributed by atoms with van der Waals surface area (Å²) >= 11 is 0. The van der Waals surface area contributed by atoms with Crippen LogP contribution in [0.4, 0.5) is 14.6 Å². The van der Waals surface area contributed by atoms with Gasteiger partial charge in [-0.2, -0.15) is 5.10 Å². The van der Waals surface area contributed by atoms with Gasteiger partial charge in [-0.15, -0.1) is 0 Å². The van der Waals surface area contributed by atoms with Crippen LogP contribution < -0.4 is 5.73 Å². The van der Waals surface area contributed by atoms with E-state index >= 15 is 0 Å². The maximum Gasteiger partial charge on any atom is 0.153 e. The van der Waals surface area contributed by atoms with E-state index in [1.54, 1.807) is 37.3 Å². The van der Waals surface area contributed by atoms with Crippen molar-refractivity contribution in [3.05, 3.63) is 59.7 Å². The van der Waals surface area contributed by atoms with Gasteiger partial charge in [0, 0.05) is 5.56 Å². The summed E-state index contributed by atoms with van der Waals surface area (Å²) in [5, 5.41) is 6.67. The zero-order valence-electron chi connectivity index (χ0n) is 11.3. The summed E-state index contributed by atoms with van der Waals surface area (Å²) in [5.41, 5.74) is 8.24. The maximum absolute atomic E-state index is 14.3. The highest BCUT2D eigenvalue weighted by Gasteiger charge is 2.18. The van der Waals surface area contributed by atoms with Gasteiger partial charge in [-0.3, -0.25) is 5.10 Å². The van der Waals surface area contributed by atoms with Crippen LogP contribution in [0.25, 0.3) is 22.4 Å². The molecule has 0 saturated heterocycles. The third kappa shape index (κ3) is 2.27. The molecule has 0 spiro atoms. The maximum atomic E-state index is 14.3. The number of nitrogen functional groups attached to an aromatic ring is 1. The standard InChI is InChI=1S/C16H13F2N3/c1-9-4-2-7-12(14(9)18)15-13(16(19)21-20-15)10-5-3-6-11(17)8-10/h2-8H,1H3,(H3,19,20,21). The summed E-state index contributed by atoms with van der Waals surface area (Å²) in [5.74, 6) is -0.529. The van der Waals surface area contributed by atoms with Crippen molar-refractivity contribution in [3.8, 4) is 22.4 Å². The van der Waals surface area contributed by atoms with Crippen LogP contribution >= 0.6 is 0 Å². The number of nitrogens with two attached hydrogens (primary N) is 1. The molecule has 3 rings (SSSR count). The molecule has 3 N–H and O–H groups in total. The SMILES string of the molecule is Cc1cccc(-c2[nH]nc(N)c2-c2cccc(F)c2)c1F. The number of hydrogen-bond donors (Lipinski definition) is 2. The summed E-state index contributed by atoms with van der Waals surface area (Å²) in [6.07, 6.45) is 0. The van der Waals surface area contributed by atoms with Crippen molar-refractivity contribution in [3.63, 3.8) is 0 Å². The lowest BCUT2D eigenvalue weighted by Gasteiger charge is -2.07. The Balaban J connectivity index is 2.24. The van der Waals surface area contributed by atoms with Crippen molar-refractivity contribution in [2.45, 2.75) is 6.92 Å². The van der Waals surface area contributed by atoms with E-state index in [-0.39, 0.29) is 17.5 Å². The molecule has 0 bridgehead atoms. The van der Waals surface area contributed by atoms with Gasteiger partial charge in [0.15, 0.2) is 5.82 Å². The van der Waals surface area contributed by atoms with Crippen molar-refractivity contribution in [1.82, 2.24) is 10.2 Å². The van der Waals surface area contributed by atoms with Crippen LogP contribution in [0.3, 0.4) is 0 Å². The van der Waals surface area contributed by atoms with E-state index in [4.69, 9.17) is 5.73 Å². The minimum absolute atomic E-state index is 0.205. The first-order chi connectivity index (χ1) is 10.1. The molecule has 0 fully saturated rings. The molecular formula is C16H13F2N3. The molecule has 0 aliphatic heterocycles. The van der Waals surface area contributed by atoms with Crippen LogP contribution in [0.5, 0.6) is 0 Å².